The third-order valence-corrected chi connectivity index (χ3v) is 4.46. The molecule has 0 aliphatic carbocycles. The summed E-state index contributed by atoms with van der Waals surface area (Å²) in [5, 5.41) is 15.8. The van der Waals surface area contributed by atoms with E-state index in [1.165, 1.54) is 0 Å². The third-order valence-electron chi connectivity index (χ3n) is 4.15. The molecule has 4 aromatic rings. The Morgan fingerprint density at radius 1 is 1.13 bits per heavy atom. The lowest BCUT2D eigenvalue weighted by molar-refractivity contribution is 0.437. The predicted octanol–water partition coefficient (Wildman–Crippen LogP) is 5.08. The average Bonchev–Trinajstić information content (AvgIpc) is 3.04. The van der Waals surface area contributed by atoms with Gasteiger partial charge in [0.1, 0.15) is 5.69 Å². The van der Waals surface area contributed by atoms with Crippen molar-refractivity contribution in [1.29, 1.82) is 0 Å². The number of hydrogen-bond acceptors (Lipinski definition) is 3. The zero-order chi connectivity index (χ0) is 16.1. The highest BCUT2D eigenvalue weighted by molar-refractivity contribution is 6.35. The standard InChI is InChI=1S/C17H12ClN3O2/c1-21-16-10(6-4-7-11(16)18)13(17(21)22)15-14(20-23)9-5-2-3-8-12(9)19-15/h2-8,19,22H,1H3. The second-order valence-electron chi connectivity index (χ2n) is 5.38. The first-order valence-corrected chi connectivity index (χ1v) is 7.41. The van der Waals surface area contributed by atoms with Crippen molar-refractivity contribution in [1.82, 2.24) is 9.55 Å². The van der Waals surface area contributed by atoms with E-state index in [-0.39, 0.29) is 11.6 Å². The van der Waals surface area contributed by atoms with E-state index in [2.05, 4.69) is 10.2 Å². The number of H-pyrrole nitrogens is 1. The van der Waals surface area contributed by atoms with Crippen LogP contribution in [0.4, 0.5) is 5.69 Å². The topological polar surface area (TPSA) is 70.4 Å². The summed E-state index contributed by atoms with van der Waals surface area (Å²) >= 11 is 6.26. The molecule has 0 saturated heterocycles. The van der Waals surface area contributed by atoms with Crippen LogP contribution in [0.25, 0.3) is 33.1 Å². The molecule has 0 amide bonds. The van der Waals surface area contributed by atoms with E-state index in [1.54, 1.807) is 17.7 Å². The molecule has 6 heteroatoms. The minimum absolute atomic E-state index is 0.0320. The van der Waals surface area contributed by atoms with E-state index in [1.807, 2.05) is 36.4 Å². The first-order chi connectivity index (χ1) is 11.1. The maximum absolute atomic E-state index is 11.4. The summed E-state index contributed by atoms with van der Waals surface area (Å²) in [7, 11) is 1.73. The van der Waals surface area contributed by atoms with Crippen LogP contribution in [0.2, 0.25) is 5.02 Å². The van der Waals surface area contributed by atoms with Crippen molar-refractivity contribution in [3.05, 3.63) is 52.4 Å². The van der Waals surface area contributed by atoms with Crippen LogP contribution in [0.3, 0.4) is 0 Å². The van der Waals surface area contributed by atoms with Gasteiger partial charge in [-0.1, -0.05) is 41.9 Å². The van der Waals surface area contributed by atoms with Crippen LogP contribution in [0.5, 0.6) is 5.88 Å². The normalized spacial score (nSPS) is 11.4. The fourth-order valence-corrected chi connectivity index (χ4v) is 3.40. The minimum Gasteiger partial charge on any atom is -0.494 e. The molecule has 0 radical (unpaired) electrons. The van der Waals surface area contributed by atoms with Gasteiger partial charge in [-0.3, -0.25) is 0 Å². The third kappa shape index (κ3) is 1.80. The Kier molecular flexibility index (Phi) is 2.92. The number of halogens is 1. The summed E-state index contributed by atoms with van der Waals surface area (Å²) in [6.45, 7) is 0. The quantitative estimate of drug-likeness (QED) is 0.504. The number of nitroso groups, excluding NO2 is 1. The lowest BCUT2D eigenvalue weighted by Gasteiger charge is -1.99. The maximum Gasteiger partial charge on any atom is 0.201 e. The number of fused-ring (bicyclic) bond motifs is 2. The Labute approximate surface area is 136 Å². The Hall–Kier alpha value is -2.79. The number of para-hydroxylation sites is 2. The molecule has 2 heterocycles. The number of hydrogen-bond donors (Lipinski definition) is 2. The van der Waals surface area contributed by atoms with Gasteiger partial charge in [0.2, 0.25) is 5.88 Å². The van der Waals surface area contributed by atoms with Crippen molar-refractivity contribution in [2.24, 2.45) is 12.2 Å². The van der Waals surface area contributed by atoms with Crippen LogP contribution in [0.1, 0.15) is 0 Å². The van der Waals surface area contributed by atoms with Gasteiger partial charge in [0.05, 0.1) is 21.8 Å². The average molecular weight is 326 g/mol. The monoisotopic (exact) mass is 325 g/mol. The van der Waals surface area contributed by atoms with Crippen molar-refractivity contribution < 1.29 is 5.11 Å². The highest BCUT2D eigenvalue weighted by Gasteiger charge is 2.23. The molecule has 4 rings (SSSR count). The number of benzene rings is 2. The Morgan fingerprint density at radius 2 is 1.87 bits per heavy atom. The molecule has 2 N–H and O–H groups in total. The van der Waals surface area contributed by atoms with Crippen molar-refractivity contribution in [3.63, 3.8) is 0 Å². The number of aryl methyl sites for hydroxylation is 1. The van der Waals surface area contributed by atoms with Crippen molar-refractivity contribution in [2.75, 3.05) is 0 Å². The fraction of sp³-hybridized carbons (Fsp3) is 0.0588. The zero-order valence-corrected chi connectivity index (χ0v) is 12.9. The summed E-state index contributed by atoms with van der Waals surface area (Å²) in [5.41, 5.74) is 2.79. The number of aromatic hydroxyl groups is 1. The van der Waals surface area contributed by atoms with E-state index in [0.717, 1.165) is 16.3 Å². The number of nitrogens with zero attached hydrogens (tertiary/aromatic N) is 2. The first-order valence-electron chi connectivity index (χ1n) is 7.03. The molecule has 0 saturated carbocycles. The van der Waals surface area contributed by atoms with Gasteiger partial charge < -0.3 is 14.7 Å². The number of rotatable bonds is 2. The van der Waals surface area contributed by atoms with Gasteiger partial charge in [-0.05, 0) is 17.3 Å². The second-order valence-corrected chi connectivity index (χ2v) is 5.79. The maximum atomic E-state index is 11.4. The zero-order valence-electron chi connectivity index (χ0n) is 12.2. The summed E-state index contributed by atoms with van der Waals surface area (Å²) < 4.78 is 1.60. The molecule has 2 aromatic carbocycles. The summed E-state index contributed by atoms with van der Waals surface area (Å²) in [4.78, 5) is 14.6. The van der Waals surface area contributed by atoms with Gasteiger partial charge in [0.15, 0.2) is 0 Å². The molecule has 0 atom stereocenters. The smallest absolute Gasteiger partial charge is 0.201 e. The molecule has 23 heavy (non-hydrogen) atoms. The molecule has 0 aliphatic rings. The molecule has 114 valence electrons. The van der Waals surface area contributed by atoms with Gasteiger partial charge in [0.25, 0.3) is 0 Å². The van der Waals surface area contributed by atoms with Gasteiger partial charge in [-0.15, -0.1) is 4.91 Å². The SMILES string of the molecule is Cn1c(O)c(-c2[nH]c3ccccc3c2N=O)c2cccc(Cl)c21. The Morgan fingerprint density at radius 3 is 2.65 bits per heavy atom. The van der Waals surface area contributed by atoms with Crippen molar-refractivity contribution in [3.8, 4) is 17.1 Å². The van der Waals surface area contributed by atoms with E-state index in [9.17, 15) is 10.0 Å². The molecule has 5 nitrogen and oxygen atoms in total. The second kappa shape index (κ2) is 4.86. The van der Waals surface area contributed by atoms with E-state index in [4.69, 9.17) is 11.6 Å². The van der Waals surface area contributed by atoms with Gasteiger partial charge in [-0.2, -0.15) is 0 Å². The minimum atomic E-state index is 0.0320. The molecule has 0 spiro atoms. The van der Waals surface area contributed by atoms with Crippen LogP contribution in [0, 0.1) is 4.91 Å². The van der Waals surface area contributed by atoms with Crippen LogP contribution in [-0.4, -0.2) is 14.7 Å². The Bertz CT molecular complexity index is 1080. The summed E-state index contributed by atoms with van der Waals surface area (Å²) in [6.07, 6.45) is 0. The van der Waals surface area contributed by atoms with Crippen LogP contribution >= 0.6 is 11.6 Å². The highest BCUT2D eigenvalue weighted by Crippen LogP contribution is 2.46. The summed E-state index contributed by atoms with van der Waals surface area (Å²) in [6, 6.07) is 12.8. The van der Waals surface area contributed by atoms with Crippen LogP contribution < -0.4 is 0 Å². The molecular weight excluding hydrogens is 314 g/mol. The largest absolute Gasteiger partial charge is 0.494 e. The number of aromatic nitrogens is 2. The van der Waals surface area contributed by atoms with E-state index in [0.29, 0.717) is 21.8 Å². The van der Waals surface area contributed by atoms with Gasteiger partial charge in [0, 0.05) is 23.3 Å². The van der Waals surface area contributed by atoms with E-state index >= 15 is 0 Å². The number of nitrogens with one attached hydrogen (secondary N) is 1. The molecule has 0 bridgehead atoms. The van der Waals surface area contributed by atoms with Gasteiger partial charge >= 0.3 is 0 Å². The number of aromatic amines is 1. The molecule has 0 aliphatic heterocycles. The van der Waals surface area contributed by atoms with E-state index < -0.39 is 0 Å². The molecule has 2 aromatic heterocycles. The van der Waals surface area contributed by atoms with Crippen molar-refractivity contribution in [2.45, 2.75) is 0 Å². The lowest BCUT2D eigenvalue weighted by Crippen LogP contribution is -1.86. The molecule has 0 unspecified atom stereocenters. The molecule has 0 fully saturated rings. The Balaban J connectivity index is 2.18. The molecular formula is C17H12ClN3O2. The summed E-state index contributed by atoms with van der Waals surface area (Å²) in [5.74, 6) is 0.0320. The predicted molar refractivity (Wildman–Crippen MR) is 92.3 cm³/mol. The lowest BCUT2D eigenvalue weighted by atomic mass is 10.1. The van der Waals surface area contributed by atoms with Crippen LogP contribution in [0.15, 0.2) is 47.6 Å². The first kappa shape index (κ1) is 13.8. The van der Waals surface area contributed by atoms with Crippen LogP contribution in [-0.2, 0) is 7.05 Å². The van der Waals surface area contributed by atoms with Gasteiger partial charge in [-0.25, -0.2) is 0 Å². The highest BCUT2D eigenvalue weighted by atomic mass is 35.5. The fourth-order valence-electron chi connectivity index (χ4n) is 3.10. The van der Waals surface area contributed by atoms with Crippen molar-refractivity contribution >= 4 is 39.1 Å².